The number of anilines is 1. The average Bonchev–Trinajstić information content (AvgIpc) is 2.36. The van der Waals surface area contributed by atoms with Gasteiger partial charge in [-0.25, -0.2) is 0 Å². The zero-order valence-corrected chi connectivity index (χ0v) is 12.0. The summed E-state index contributed by atoms with van der Waals surface area (Å²) in [7, 11) is 0. The molecule has 0 atom stereocenters. The summed E-state index contributed by atoms with van der Waals surface area (Å²) in [6, 6.07) is 9.23. The fourth-order valence-corrected chi connectivity index (χ4v) is 1.93. The van der Waals surface area contributed by atoms with Crippen molar-refractivity contribution in [1.29, 1.82) is 0 Å². The lowest BCUT2D eigenvalue weighted by Gasteiger charge is -2.22. The van der Waals surface area contributed by atoms with E-state index < -0.39 is 5.97 Å². The number of aliphatic carboxylic acids is 1. The molecule has 0 bridgehead atoms. The van der Waals surface area contributed by atoms with E-state index in [0.717, 1.165) is 5.69 Å². The van der Waals surface area contributed by atoms with Gasteiger partial charge in [-0.15, -0.1) is 0 Å². The molecule has 0 fully saturated rings. The van der Waals surface area contributed by atoms with Crippen molar-refractivity contribution in [3.8, 4) is 0 Å². The van der Waals surface area contributed by atoms with Gasteiger partial charge in [0.25, 0.3) is 0 Å². The van der Waals surface area contributed by atoms with Crippen LogP contribution in [-0.2, 0) is 9.59 Å². The monoisotopic (exact) mass is 278 g/mol. The minimum Gasteiger partial charge on any atom is -0.481 e. The first-order chi connectivity index (χ1) is 9.47. The highest BCUT2D eigenvalue weighted by Crippen LogP contribution is 2.06. The molecule has 0 aliphatic heterocycles. The Labute approximate surface area is 119 Å². The van der Waals surface area contributed by atoms with Crippen LogP contribution in [0.1, 0.15) is 20.3 Å². The molecule has 0 radical (unpaired) electrons. The fraction of sp³-hybridized carbons (Fsp3) is 0.467. The number of nitrogens with one attached hydrogen (secondary N) is 1. The Morgan fingerprint density at radius 1 is 1.25 bits per heavy atom. The van der Waals surface area contributed by atoms with Crippen molar-refractivity contribution in [2.45, 2.75) is 20.3 Å². The van der Waals surface area contributed by atoms with E-state index in [9.17, 15) is 9.59 Å². The van der Waals surface area contributed by atoms with Gasteiger partial charge in [-0.3, -0.25) is 14.5 Å². The van der Waals surface area contributed by atoms with Crippen LogP contribution in [0.15, 0.2) is 30.3 Å². The van der Waals surface area contributed by atoms with E-state index >= 15 is 0 Å². The number of carboxylic acids is 1. The number of nitrogens with zero attached hydrogens (tertiary/aromatic N) is 1. The van der Waals surface area contributed by atoms with Gasteiger partial charge in [0.1, 0.15) is 0 Å². The lowest BCUT2D eigenvalue weighted by molar-refractivity contribution is -0.137. The summed E-state index contributed by atoms with van der Waals surface area (Å²) in [6.45, 7) is 5.39. The maximum Gasteiger partial charge on any atom is 0.304 e. The standard InChI is InChI=1S/C15H22N2O3/c1-12(2)10-17(9-8-15(19)20)11-14(18)16-13-6-4-3-5-7-13/h3-7,12H,8-11H2,1-2H3,(H,16,18)(H,19,20). The van der Waals surface area contributed by atoms with Gasteiger partial charge in [0.15, 0.2) is 0 Å². The molecule has 2 N–H and O–H groups in total. The molecular weight excluding hydrogens is 256 g/mol. The minimum absolute atomic E-state index is 0.0470. The van der Waals surface area contributed by atoms with Gasteiger partial charge < -0.3 is 10.4 Å². The third kappa shape index (κ3) is 6.89. The molecule has 0 saturated heterocycles. The summed E-state index contributed by atoms with van der Waals surface area (Å²) in [6.07, 6.45) is 0.0470. The highest BCUT2D eigenvalue weighted by Gasteiger charge is 2.13. The highest BCUT2D eigenvalue weighted by atomic mass is 16.4. The van der Waals surface area contributed by atoms with Gasteiger partial charge in [-0.1, -0.05) is 32.0 Å². The summed E-state index contributed by atoms with van der Waals surface area (Å²) in [4.78, 5) is 24.5. The summed E-state index contributed by atoms with van der Waals surface area (Å²) in [5, 5.41) is 11.5. The second kappa shape index (κ2) is 8.32. The SMILES string of the molecule is CC(C)CN(CCC(=O)O)CC(=O)Nc1ccccc1. The van der Waals surface area contributed by atoms with Crippen molar-refractivity contribution in [1.82, 2.24) is 4.90 Å². The van der Waals surface area contributed by atoms with Gasteiger partial charge >= 0.3 is 5.97 Å². The Morgan fingerprint density at radius 3 is 2.45 bits per heavy atom. The number of hydrogen-bond donors (Lipinski definition) is 2. The van der Waals surface area contributed by atoms with Crippen molar-refractivity contribution < 1.29 is 14.7 Å². The van der Waals surface area contributed by atoms with Crippen molar-refractivity contribution in [2.24, 2.45) is 5.92 Å². The molecule has 0 aliphatic rings. The number of hydrogen-bond acceptors (Lipinski definition) is 3. The average molecular weight is 278 g/mol. The number of para-hydroxylation sites is 1. The largest absolute Gasteiger partial charge is 0.481 e. The Bertz CT molecular complexity index is 432. The predicted molar refractivity (Wildman–Crippen MR) is 78.6 cm³/mol. The van der Waals surface area contributed by atoms with Crippen molar-refractivity contribution in [3.05, 3.63) is 30.3 Å². The molecule has 0 aliphatic carbocycles. The molecular formula is C15H22N2O3. The summed E-state index contributed by atoms with van der Waals surface area (Å²) < 4.78 is 0. The van der Waals surface area contributed by atoms with Gasteiger partial charge in [0.2, 0.25) is 5.91 Å². The molecule has 20 heavy (non-hydrogen) atoms. The molecule has 0 saturated carbocycles. The van der Waals surface area contributed by atoms with Crippen LogP contribution >= 0.6 is 0 Å². The molecule has 5 nitrogen and oxygen atoms in total. The Balaban J connectivity index is 2.50. The Hall–Kier alpha value is -1.88. The molecule has 5 heteroatoms. The van der Waals surface area contributed by atoms with E-state index in [4.69, 9.17) is 5.11 Å². The first-order valence-electron chi connectivity index (χ1n) is 6.76. The molecule has 110 valence electrons. The first-order valence-corrected chi connectivity index (χ1v) is 6.76. The van der Waals surface area contributed by atoms with Gasteiger partial charge in [0.05, 0.1) is 13.0 Å². The van der Waals surface area contributed by atoms with E-state index in [0.29, 0.717) is 19.0 Å². The van der Waals surface area contributed by atoms with E-state index in [2.05, 4.69) is 5.32 Å². The van der Waals surface area contributed by atoms with Crippen LogP contribution in [0.5, 0.6) is 0 Å². The second-order valence-electron chi connectivity index (χ2n) is 5.19. The number of carbonyl (C=O) groups is 2. The summed E-state index contributed by atoms with van der Waals surface area (Å²) in [5.74, 6) is -0.585. The molecule has 0 spiro atoms. The van der Waals surface area contributed by atoms with Crippen LogP contribution in [0.4, 0.5) is 5.69 Å². The molecule has 1 aromatic rings. The maximum absolute atomic E-state index is 11.9. The Morgan fingerprint density at radius 2 is 1.90 bits per heavy atom. The molecule has 1 rings (SSSR count). The highest BCUT2D eigenvalue weighted by molar-refractivity contribution is 5.92. The first kappa shape index (κ1) is 16.2. The molecule has 1 aromatic carbocycles. The third-order valence-electron chi connectivity index (χ3n) is 2.69. The number of amides is 1. The van der Waals surface area contributed by atoms with E-state index in [1.165, 1.54) is 0 Å². The summed E-state index contributed by atoms with van der Waals surface area (Å²) in [5.41, 5.74) is 0.750. The smallest absolute Gasteiger partial charge is 0.304 e. The predicted octanol–water partition coefficient (Wildman–Crippen LogP) is 2.06. The van der Waals surface area contributed by atoms with E-state index in [1.807, 2.05) is 49.1 Å². The van der Waals surface area contributed by atoms with Crippen LogP contribution in [0.2, 0.25) is 0 Å². The zero-order valence-electron chi connectivity index (χ0n) is 12.0. The van der Waals surface area contributed by atoms with Crippen molar-refractivity contribution in [2.75, 3.05) is 25.0 Å². The van der Waals surface area contributed by atoms with Crippen molar-refractivity contribution >= 4 is 17.6 Å². The zero-order chi connectivity index (χ0) is 15.0. The molecule has 0 aromatic heterocycles. The van der Waals surface area contributed by atoms with Crippen LogP contribution in [0, 0.1) is 5.92 Å². The maximum atomic E-state index is 11.9. The van der Waals surface area contributed by atoms with Crippen LogP contribution in [0.3, 0.4) is 0 Å². The summed E-state index contributed by atoms with van der Waals surface area (Å²) >= 11 is 0. The minimum atomic E-state index is -0.845. The molecule has 0 unspecified atom stereocenters. The number of rotatable bonds is 8. The van der Waals surface area contributed by atoms with Gasteiger partial charge in [-0.2, -0.15) is 0 Å². The molecule has 0 heterocycles. The number of carboxylic acid groups (broad SMARTS) is 1. The number of carbonyl (C=O) groups excluding carboxylic acids is 1. The topological polar surface area (TPSA) is 69.6 Å². The lowest BCUT2D eigenvalue weighted by atomic mass is 10.2. The van der Waals surface area contributed by atoms with Crippen LogP contribution < -0.4 is 5.32 Å². The van der Waals surface area contributed by atoms with Gasteiger partial charge in [0, 0.05) is 18.8 Å². The second-order valence-corrected chi connectivity index (χ2v) is 5.19. The third-order valence-corrected chi connectivity index (χ3v) is 2.69. The number of benzene rings is 1. The van der Waals surface area contributed by atoms with E-state index in [1.54, 1.807) is 0 Å². The van der Waals surface area contributed by atoms with Crippen molar-refractivity contribution in [3.63, 3.8) is 0 Å². The fourth-order valence-electron chi connectivity index (χ4n) is 1.93. The Kier molecular flexibility index (Phi) is 6.73. The van der Waals surface area contributed by atoms with Gasteiger partial charge in [-0.05, 0) is 18.1 Å². The normalized spacial score (nSPS) is 10.8. The molecule has 1 amide bonds. The van der Waals surface area contributed by atoms with E-state index in [-0.39, 0.29) is 18.9 Å². The van der Waals surface area contributed by atoms with Crippen LogP contribution in [0.25, 0.3) is 0 Å². The quantitative estimate of drug-likeness (QED) is 0.763. The van der Waals surface area contributed by atoms with Crippen LogP contribution in [-0.4, -0.2) is 41.5 Å². The lowest BCUT2D eigenvalue weighted by Crippen LogP contribution is -2.37.